The van der Waals surface area contributed by atoms with Crippen LogP contribution in [-0.2, 0) is 0 Å². The third-order valence-corrected chi connectivity index (χ3v) is 4.21. The highest BCUT2D eigenvalue weighted by molar-refractivity contribution is 9.10. The van der Waals surface area contributed by atoms with E-state index in [9.17, 15) is 9.59 Å². The summed E-state index contributed by atoms with van der Waals surface area (Å²) in [6.45, 7) is 0. The molecule has 0 unspecified atom stereocenters. The Bertz CT molecular complexity index is 923. The average molecular weight is 353 g/mol. The van der Waals surface area contributed by atoms with Gasteiger partial charge in [0.05, 0.1) is 0 Å². The van der Waals surface area contributed by atoms with E-state index in [0.29, 0.717) is 16.9 Å². The van der Waals surface area contributed by atoms with Crippen LogP contribution in [0.2, 0.25) is 0 Å². The summed E-state index contributed by atoms with van der Waals surface area (Å²) in [5.74, 6) is -0.412. The van der Waals surface area contributed by atoms with E-state index in [1.165, 1.54) is 0 Å². The Balaban J connectivity index is 1.98. The number of Topliss-reactive ketones (excluding diaryl/α,β-unsaturated/α-hetero) is 2. The minimum absolute atomic E-state index is 0.120. The summed E-state index contributed by atoms with van der Waals surface area (Å²) in [5.41, 5.74) is 2.68. The molecule has 1 aliphatic carbocycles. The fourth-order valence-electron chi connectivity index (χ4n) is 2.67. The maximum absolute atomic E-state index is 12.3. The molecule has 0 fully saturated rings. The van der Waals surface area contributed by atoms with Gasteiger partial charge >= 0.3 is 0 Å². The lowest BCUT2D eigenvalue weighted by atomic mass is 9.88. The van der Waals surface area contributed by atoms with Gasteiger partial charge in [-0.1, -0.05) is 46.3 Å². The molecule has 0 N–H and O–H groups in total. The number of carbonyl (C=O) groups excluding carboxylic acids is 2. The van der Waals surface area contributed by atoms with Crippen LogP contribution in [0.4, 0.5) is 0 Å². The molecule has 0 radical (unpaired) electrons. The van der Waals surface area contributed by atoms with Crippen molar-refractivity contribution in [3.8, 4) is 22.5 Å². The number of carbonyl (C=O) groups is 2. The van der Waals surface area contributed by atoms with Crippen LogP contribution < -0.4 is 0 Å². The topological polar surface area (TPSA) is 47.3 Å². The molecule has 0 saturated carbocycles. The molecule has 0 spiro atoms. The van der Waals surface area contributed by atoms with Crippen molar-refractivity contribution in [2.45, 2.75) is 0 Å². The van der Waals surface area contributed by atoms with Crippen LogP contribution in [0.1, 0.15) is 20.9 Å². The highest BCUT2D eigenvalue weighted by atomic mass is 79.9. The Hall–Kier alpha value is -2.46. The van der Waals surface area contributed by atoms with Crippen LogP contribution in [0.3, 0.4) is 0 Å². The minimum Gasteiger partial charge on any atom is -0.452 e. The maximum Gasteiger partial charge on any atom is 0.269 e. The van der Waals surface area contributed by atoms with Gasteiger partial charge in [-0.05, 0) is 29.8 Å². The summed E-state index contributed by atoms with van der Waals surface area (Å²) in [7, 11) is 0. The van der Waals surface area contributed by atoms with Gasteiger partial charge in [0.1, 0.15) is 5.76 Å². The Kier molecular flexibility index (Phi) is 2.87. The summed E-state index contributed by atoms with van der Waals surface area (Å²) >= 11 is 3.40. The molecular weight excluding hydrogens is 344 g/mol. The molecule has 0 atom stereocenters. The quantitative estimate of drug-likeness (QED) is 0.593. The third-order valence-electron chi connectivity index (χ3n) is 3.72. The van der Waals surface area contributed by atoms with Crippen molar-refractivity contribution in [1.29, 1.82) is 0 Å². The SMILES string of the molecule is O=C1C(=O)c2oc(-c3ccccc3)cc2-c2cc(Br)ccc21. The fourth-order valence-corrected chi connectivity index (χ4v) is 3.03. The zero-order valence-electron chi connectivity index (χ0n) is 11.3. The van der Waals surface area contributed by atoms with E-state index in [-0.39, 0.29) is 5.76 Å². The predicted octanol–water partition coefficient (Wildman–Crippen LogP) is 4.76. The number of fused-ring (bicyclic) bond motifs is 3. The average Bonchev–Trinajstić information content (AvgIpc) is 2.99. The van der Waals surface area contributed by atoms with Crippen molar-refractivity contribution < 1.29 is 14.0 Å². The van der Waals surface area contributed by atoms with Gasteiger partial charge in [0, 0.05) is 21.2 Å². The number of halogens is 1. The fraction of sp³-hybridized carbons (Fsp3) is 0. The van der Waals surface area contributed by atoms with Crippen molar-refractivity contribution >= 4 is 27.5 Å². The molecule has 0 saturated heterocycles. The van der Waals surface area contributed by atoms with Crippen molar-refractivity contribution in [3.05, 3.63) is 70.4 Å². The predicted molar refractivity (Wildman–Crippen MR) is 85.9 cm³/mol. The molecule has 22 heavy (non-hydrogen) atoms. The van der Waals surface area contributed by atoms with E-state index in [1.54, 1.807) is 12.1 Å². The van der Waals surface area contributed by atoms with Crippen molar-refractivity contribution in [1.82, 2.24) is 0 Å². The Morgan fingerprint density at radius 2 is 1.55 bits per heavy atom. The molecule has 1 aliphatic rings. The lowest BCUT2D eigenvalue weighted by Crippen LogP contribution is -2.19. The zero-order valence-corrected chi connectivity index (χ0v) is 12.9. The van der Waals surface area contributed by atoms with Crippen LogP contribution in [0.25, 0.3) is 22.5 Å². The largest absolute Gasteiger partial charge is 0.452 e. The molecule has 4 heteroatoms. The second-order valence-corrected chi connectivity index (χ2v) is 5.98. The van der Waals surface area contributed by atoms with Gasteiger partial charge in [-0.25, -0.2) is 0 Å². The summed E-state index contributed by atoms with van der Waals surface area (Å²) < 4.78 is 6.53. The van der Waals surface area contributed by atoms with Crippen molar-refractivity contribution in [2.24, 2.45) is 0 Å². The third kappa shape index (κ3) is 1.88. The summed E-state index contributed by atoms with van der Waals surface area (Å²) in [6.07, 6.45) is 0. The van der Waals surface area contributed by atoms with E-state index in [4.69, 9.17) is 4.42 Å². The van der Waals surface area contributed by atoms with Crippen LogP contribution in [0, 0.1) is 0 Å². The number of hydrogen-bond donors (Lipinski definition) is 0. The van der Waals surface area contributed by atoms with Crippen molar-refractivity contribution in [2.75, 3.05) is 0 Å². The lowest BCUT2D eigenvalue weighted by Gasteiger charge is -2.13. The number of benzene rings is 2. The van der Waals surface area contributed by atoms with E-state index >= 15 is 0 Å². The van der Waals surface area contributed by atoms with Crippen LogP contribution in [0.15, 0.2) is 63.5 Å². The van der Waals surface area contributed by atoms with Gasteiger partial charge in [0.25, 0.3) is 5.78 Å². The normalized spacial score (nSPS) is 13.0. The van der Waals surface area contributed by atoms with E-state index in [0.717, 1.165) is 15.6 Å². The Morgan fingerprint density at radius 1 is 0.773 bits per heavy atom. The molecular formula is C18H9BrO3. The number of hydrogen-bond acceptors (Lipinski definition) is 3. The van der Waals surface area contributed by atoms with Crippen LogP contribution >= 0.6 is 15.9 Å². The molecule has 2 aromatic carbocycles. The number of rotatable bonds is 1. The van der Waals surface area contributed by atoms with Crippen LogP contribution in [-0.4, -0.2) is 11.6 Å². The van der Waals surface area contributed by atoms with E-state index in [1.807, 2.05) is 42.5 Å². The van der Waals surface area contributed by atoms with E-state index < -0.39 is 11.6 Å². The monoisotopic (exact) mass is 352 g/mol. The molecule has 0 bridgehead atoms. The molecule has 0 aliphatic heterocycles. The Morgan fingerprint density at radius 3 is 2.32 bits per heavy atom. The molecule has 1 heterocycles. The smallest absolute Gasteiger partial charge is 0.269 e. The van der Waals surface area contributed by atoms with Gasteiger partial charge in [0.2, 0.25) is 5.78 Å². The summed E-state index contributed by atoms with van der Waals surface area (Å²) in [6, 6.07) is 16.6. The second-order valence-electron chi connectivity index (χ2n) is 5.07. The Labute approximate surface area is 134 Å². The molecule has 1 aromatic heterocycles. The summed E-state index contributed by atoms with van der Waals surface area (Å²) in [5, 5.41) is 0. The zero-order chi connectivity index (χ0) is 15.3. The number of ketones is 2. The highest BCUT2D eigenvalue weighted by Gasteiger charge is 2.34. The first-order valence-electron chi connectivity index (χ1n) is 6.73. The van der Waals surface area contributed by atoms with Crippen LogP contribution in [0.5, 0.6) is 0 Å². The first kappa shape index (κ1) is 13.2. The molecule has 3 nitrogen and oxygen atoms in total. The molecule has 0 amide bonds. The molecule has 3 aromatic rings. The standard InChI is InChI=1S/C18H9BrO3/c19-11-6-7-12-13(8-11)14-9-15(10-4-2-1-3-5-10)22-18(14)17(21)16(12)20/h1-9H. The first-order chi connectivity index (χ1) is 10.6. The second kappa shape index (κ2) is 4.78. The first-order valence-corrected chi connectivity index (χ1v) is 7.52. The van der Waals surface area contributed by atoms with Gasteiger partial charge in [-0.2, -0.15) is 0 Å². The number of furan rings is 1. The van der Waals surface area contributed by atoms with Gasteiger partial charge in [-0.15, -0.1) is 0 Å². The highest BCUT2D eigenvalue weighted by Crippen LogP contribution is 2.39. The molecule has 4 rings (SSSR count). The minimum atomic E-state index is -0.591. The summed E-state index contributed by atoms with van der Waals surface area (Å²) in [4.78, 5) is 24.5. The van der Waals surface area contributed by atoms with Gasteiger partial charge < -0.3 is 4.42 Å². The van der Waals surface area contributed by atoms with Gasteiger partial charge in [0.15, 0.2) is 5.76 Å². The van der Waals surface area contributed by atoms with E-state index in [2.05, 4.69) is 15.9 Å². The van der Waals surface area contributed by atoms with Crippen molar-refractivity contribution in [3.63, 3.8) is 0 Å². The lowest BCUT2D eigenvalue weighted by molar-refractivity contribution is 0.0799. The maximum atomic E-state index is 12.3. The van der Waals surface area contributed by atoms with Gasteiger partial charge in [-0.3, -0.25) is 9.59 Å². The molecule has 106 valence electrons.